The molecule has 2 aromatic heterocycles. The lowest BCUT2D eigenvalue weighted by Gasteiger charge is -2.06. The Morgan fingerprint density at radius 1 is 1.24 bits per heavy atom. The van der Waals surface area contributed by atoms with Crippen molar-refractivity contribution in [2.24, 2.45) is 7.05 Å². The number of sulfonamides is 1. The van der Waals surface area contributed by atoms with Gasteiger partial charge in [0.2, 0.25) is 0 Å². The summed E-state index contributed by atoms with van der Waals surface area (Å²) in [6.45, 7) is 3.39. The molecule has 0 saturated carbocycles. The number of rotatable bonds is 3. The number of aromatic nitrogens is 4. The standard InChI is InChI=1S/C13H15N5O2S/c1-8-12(9(2)18(3)16-8)21(19,20)17-13-10-6-4-5-7-11(10)14-15-13/h4-7H,1-3H3,(H2,14,15,17). The van der Waals surface area contributed by atoms with Crippen LogP contribution in [0.3, 0.4) is 0 Å². The predicted molar refractivity (Wildman–Crippen MR) is 79.6 cm³/mol. The summed E-state index contributed by atoms with van der Waals surface area (Å²) in [5, 5.41) is 11.7. The van der Waals surface area contributed by atoms with Gasteiger partial charge in [-0.2, -0.15) is 10.2 Å². The molecule has 0 saturated heterocycles. The van der Waals surface area contributed by atoms with Crippen LogP contribution in [0.15, 0.2) is 29.2 Å². The zero-order chi connectivity index (χ0) is 15.2. The van der Waals surface area contributed by atoms with Gasteiger partial charge in [-0.3, -0.25) is 14.5 Å². The molecule has 0 unspecified atom stereocenters. The van der Waals surface area contributed by atoms with E-state index in [1.54, 1.807) is 31.6 Å². The van der Waals surface area contributed by atoms with Crippen molar-refractivity contribution in [3.05, 3.63) is 35.7 Å². The zero-order valence-electron chi connectivity index (χ0n) is 11.9. The van der Waals surface area contributed by atoms with Crippen LogP contribution >= 0.6 is 0 Å². The first kappa shape index (κ1) is 13.6. The minimum atomic E-state index is -3.73. The summed E-state index contributed by atoms with van der Waals surface area (Å²) in [5.74, 6) is 0.285. The Balaban J connectivity index is 2.08. The number of nitrogens with zero attached hydrogens (tertiary/aromatic N) is 3. The lowest BCUT2D eigenvalue weighted by Crippen LogP contribution is -2.15. The normalized spacial score (nSPS) is 12.0. The average molecular weight is 305 g/mol. The highest BCUT2D eigenvalue weighted by molar-refractivity contribution is 7.92. The molecule has 1 aromatic carbocycles. The molecule has 0 atom stereocenters. The smallest absolute Gasteiger partial charge is 0.266 e. The van der Waals surface area contributed by atoms with Crippen molar-refractivity contribution in [3.63, 3.8) is 0 Å². The van der Waals surface area contributed by atoms with Gasteiger partial charge in [0.15, 0.2) is 5.82 Å². The molecule has 8 heteroatoms. The second kappa shape index (κ2) is 4.59. The van der Waals surface area contributed by atoms with Crippen LogP contribution in [-0.4, -0.2) is 28.4 Å². The van der Waals surface area contributed by atoms with E-state index in [0.717, 1.165) is 10.9 Å². The van der Waals surface area contributed by atoms with E-state index in [2.05, 4.69) is 20.0 Å². The monoisotopic (exact) mass is 305 g/mol. The fraction of sp³-hybridized carbons (Fsp3) is 0.231. The summed E-state index contributed by atoms with van der Waals surface area (Å²) in [7, 11) is -2.02. The summed E-state index contributed by atoms with van der Waals surface area (Å²) < 4.78 is 29.2. The molecule has 0 aliphatic heterocycles. The lowest BCUT2D eigenvalue weighted by molar-refractivity contribution is 0.599. The van der Waals surface area contributed by atoms with Crippen LogP contribution in [0.4, 0.5) is 5.82 Å². The minimum Gasteiger partial charge on any atom is -0.276 e. The molecule has 3 rings (SSSR count). The van der Waals surface area contributed by atoms with E-state index in [0.29, 0.717) is 11.4 Å². The van der Waals surface area contributed by atoms with Crippen molar-refractivity contribution in [1.29, 1.82) is 0 Å². The molecule has 7 nitrogen and oxygen atoms in total. The molecule has 0 spiro atoms. The Bertz CT molecular complexity index is 923. The molecule has 3 aromatic rings. The van der Waals surface area contributed by atoms with Gasteiger partial charge in [-0.15, -0.1) is 0 Å². The second-order valence-corrected chi connectivity index (χ2v) is 6.47. The number of para-hydroxylation sites is 1. The van der Waals surface area contributed by atoms with Crippen molar-refractivity contribution in [3.8, 4) is 0 Å². The quantitative estimate of drug-likeness (QED) is 0.770. The van der Waals surface area contributed by atoms with Crippen LogP contribution in [0.25, 0.3) is 10.9 Å². The van der Waals surface area contributed by atoms with E-state index >= 15 is 0 Å². The number of fused-ring (bicyclic) bond motifs is 1. The maximum atomic E-state index is 12.6. The summed E-state index contributed by atoms with van der Waals surface area (Å²) in [6.07, 6.45) is 0. The summed E-state index contributed by atoms with van der Waals surface area (Å²) in [4.78, 5) is 0.192. The molecule has 0 fully saturated rings. The fourth-order valence-electron chi connectivity index (χ4n) is 2.36. The largest absolute Gasteiger partial charge is 0.276 e. The third-order valence-electron chi connectivity index (χ3n) is 3.41. The molecule has 0 bridgehead atoms. The Kier molecular flexibility index (Phi) is 2.98. The van der Waals surface area contributed by atoms with Crippen LogP contribution in [0.5, 0.6) is 0 Å². The molecule has 0 aliphatic rings. The van der Waals surface area contributed by atoms with Crippen LogP contribution < -0.4 is 4.72 Å². The number of benzene rings is 1. The van der Waals surface area contributed by atoms with Gasteiger partial charge in [0, 0.05) is 12.4 Å². The third kappa shape index (κ3) is 2.17. The molecule has 0 amide bonds. The molecular formula is C13H15N5O2S. The molecule has 2 heterocycles. The first-order chi connectivity index (χ1) is 9.90. The fourth-order valence-corrected chi connectivity index (χ4v) is 3.83. The molecule has 0 radical (unpaired) electrons. The number of nitrogens with one attached hydrogen (secondary N) is 2. The van der Waals surface area contributed by atoms with Gasteiger partial charge in [-0.25, -0.2) is 8.42 Å². The molecule has 110 valence electrons. The second-order valence-electron chi connectivity index (χ2n) is 4.85. The maximum Gasteiger partial charge on any atom is 0.266 e. The first-order valence-corrected chi connectivity index (χ1v) is 7.84. The number of aryl methyl sites for hydroxylation is 2. The number of H-pyrrole nitrogens is 1. The molecule has 0 aliphatic carbocycles. The Hall–Kier alpha value is -2.35. The average Bonchev–Trinajstić information content (AvgIpc) is 2.92. The van der Waals surface area contributed by atoms with Crippen molar-refractivity contribution < 1.29 is 8.42 Å². The van der Waals surface area contributed by atoms with E-state index in [1.165, 1.54) is 0 Å². The van der Waals surface area contributed by atoms with E-state index in [-0.39, 0.29) is 10.7 Å². The van der Waals surface area contributed by atoms with Gasteiger partial charge < -0.3 is 0 Å². The predicted octanol–water partition coefficient (Wildman–Crippen LogP) is 1.71. The van der Waals surface area contributed by atoms with Crippen molar-refractivity contribution in [1.82, 2.24) is 20.0 Å². The lowest BCUT2D eigenvalue weighted by atomic mass is 10.2. The van der Waals surface area contributed by atoms with Gasteiger partial charge in [0.25, 0.3) is 10.0 Å². The highest BCUT2D eigenvalue weighted by atomic mass is 32.2. The third-order valence-corrected chi connectivity index (χ3v) is 5.00. The van der Waals surface area contributed by atoms with Gasteiger partial charge >= 0.3 is 0 Å². The van der Waals surface area contributed by atoms with Crippen LogP contribution in [0, 0.1) is 13.8 Å². The van der Waals surface area contributed by atoms with E-state index < -0.39 is 10.0 Å². The van der Waals surface area contributed by atoms with Gasteiger partial charge in [-0.05, 0) is 26.0 Å². The van der Waals surface area contributed by atoms with Crippen LogP contribution in [0.1, 0.15) is 11.4 Å². The summed E-state index contributed by atoms with van der Waals surface area (Å²) >= 11 is 0. The minimum absolute atomic E-state index is 0.192. The van der Waals surface area contributed by atoms with Crippen molar-refractivity contribution >= 4 is 26.7 Å². The topological polar surface area (TPSA) is 92.7 Å². The van der Waals surface area contributed by atoms with Crippen molar-refractivity contribution in [2.75, 3.05) is 4.72 Å². The number of anilines is 1. The number of hydrogen-bond acceptors (Lipinski definition) is 4. The summed E-state index contributed by atoms with van der Waals surface area (Å²) in [5.41, 5.74) is 1.82. The van der Waals surface area contributed by atoms with E-state index in [4.69, 9.17) is 0 Å². The SMILES string of the molecule is Cc1nn(C)c(C)c1S(=O)(=O)Nc1n[nH]c2ccccc12. The Labute approximate surface area is 122 Å². The highest BCUT2D eigenvalue weighted by Crippen LogP contribution is 2.25. The summed E-state index contributed by atoms with van der Waals surface area (Å²) in [6, 6.07) is 7.32. The van der Waals surface area contributed by atoms with Crippen LogP contribution in [0.2, 0.25) is 0 Å². The Morgan fingerprint density at radius 3 is 2.62 bits per heavy atom. The molecular weight excluding hydrogens is 290 g/mol. The number of aromatic amines is 1. The van der Waals surface area contributed by atoms with Crippen molar-refractivity contribution in [2.45, 2.75) is 18.7 Å². The highest BCUT2D eigenvalue weighted by Gasteiger charge is 2.25. The van der Waals surface area contributed by atoms with Gasteiger partial charge in [0.1, 0.15) is 4.90 Å². The van der Waals surface area contributed by atoms with Gasteiger partial charge in [-0.1, -0.05) is 12.1 Å². The molecule has 2 N–H and O–H groups in total. The van der Waals surface area contributed by atoms with Gasteiger partial charge in [0.05, 0.1) is 16.9 Å². The van der Waals surface area contributed by atoms with Crippen LogP contribution in [-0.2, 0) is 17.1 Å². The van der Waals surface area contributed by atoms with E-state index in [9.17, 15) is 8.42 Å². The first-order valence-electron chi connectivity index (χ1n) is 6.36. The number of hydrogen-bond donors (Lipinski definition) is 2. The zero-order valence-corrected chi connectivity index (χ0v) is 12.7. The van der Waals surface area contributed by atoms with E-state index in [1.807, 2.05) is 18.2 Å². The maximum absolute atomic E-state index is 12.6. The Morgan fingerprint density at radius 2 is 1.95 bits per heavy atom. The molecule has 21 heavy (non-hydrogen) atoms.